The Bertz CT molecular complexity index is 542. The van der Waals surface area contributed by atoms with Crippen molar-refractivity contribution in [3.8, 4) is 0 Å². The molecule has 0 aliphatic carbocycles. The molecule has 0 aromatic rings. The Kier molecular flexibility index (Phi) is 10.7. The molecule has 0 saturated carbocycles. The largest absolute Gasteiger partial charge is 0.414 e. The molecule has 0 aromatic heterocycles. The van der Waals surface area contributed by atoms with Crippen molar-refractivity contribution in [3.63, 3.8) is 0 Å². The van der Waals surface area contributed by atoms with Crippen LogP contribution < -0.4 is 11.1 Å². The minimum Gasteiger partial charge on any atom is -0.414 e. The predicted octanol–water partition coefficient (Wildman–Crippen LogP) is 1.50. The van der Waals surface area contributed by atoms with Crippen molar-refractivity contribution in [3.05, 3.63) is 12.3 Å². The molecule has 0 aromatic carbocycles. The van der Waals surface area contributed by atoms with Crippen LogP contribution in [0.2, 0.25) is 18.1 Å². The van der Waals surface area contributed by atoms with Gasteiger partial charge in [0.05, 0.1) is 13.2 Å². The molecule has 0 fully saturated rings. The lowest BCUT2D eigenvalue weighted by atomic mass is 10.2. The van der Waals surface area contributed by atoms with E-state index in [0.29, 0.717) is 0 Å². The summed E-state index contributed by atoms with van der Waals surface area (Å²) in [4.78, 5) is 33.9. The van der Waals surface area contributed by atoms with Crippen LogP contribution >= 0.6 is 0 Å². The molecule has 3 N–H and O–H groups in total. The van der Waals surface area contributed by atoms with Gasteiger partial charge >= 0.3 is 0 Å². The number of carbonyl (C=O) groups is 3. The van der Waals surface area contributed by atoms with Gasteiger partial charge in [-0.3, -0.25) is 14.4 Å². The van der Waals surface area contributed by atoms with Crippen molar-refractivity contribution >= 4 is 25.8 Å². The van der Waals surface area contributed by atoms with Crippen LogP contribution in [0.3, 0.4) is 0 Å². The van der Waals surface area contributed by atoms with Crippen LogP contribution in [0, 0.1) is 0 Å². The zero-order valence-electron chi connectivity index (χ0n) is 17.5. The lowest BCUT2D eigenvalue weighted by Gasteiger charge is -2.37. The molecule has 27 heavy (non-hydrogen) atoms. The van der Waals surface area contributed by atoms with Gasteiger partial charge in [0.15, 0.2) is 26.1 Å². The Hall–Kier alpha value is -1.55. The molecule has 0 heterocycles. The maximum absolute atomic E-state index is 12.0. The van der Waals surface area contributed by atoms with Crippen molar-refractivity contribution in [2.24, 2.45) is 5.73 Å². The summed E-state index contributed by atoms with van der Waals surface area (Å²) in [5, 5.41) is 2.80. The van der Waals surface area contributed by atoms with E-state index in [-0.39, 0.29) is 36.4 Å². The van der Waals surface area contributed by atoms with Gasteiger partial charge in [-0.2, -0.15) is 0 Å². The minimum absolute atomic E-state index is 0.000808. The van der Waals surface area contributed by atoms with E-state index in [1.54, 1.807) is 0 Å². The molecule has 0 spiro atoms. The van der Waals surface area contributed by atoms with Crippen LogP contribution in [0.15, 0.2) is 12.3 Å². The first-order valence-electron chi connectivity index (χ1n) is 8.85. The number of amides is 1. The highest BCUT2D eigenvalue weighted by Crippen LogP contribution is 2.36. The number of ether oxygens (including phenoxy) is 2. The van der Waals surface area contributed by atoms with E-state index in [1.165, 1.54) is 20.0 Å². The monoisotopic (exact) mass is 402 g/mol. The number of hydrogen-bond donors (Lipinski definition) is 2. The van der Waals surface area contributed by atoms with Gasteiger partial charge in [0.25, 0.3) is 0 Å². The second kappa shape index (κ2) is 11.3. The van der Waals surface area contributed by atoms with Crippen molar-refractivity contribution in [2.75, 3.05) is 19.8 Å². The van der Waals surface area contributed by atoms with Gasteiger partial charge in [-0.05, 0) is 32.0 Å². The third kappa shape index (κ3) is 11.0. The standard InChI is InChI=1S/C18H34N2O6Si/c1-13(21)10-24-12-17(20-9-8-16(19)23)26-15(14(2)22)11-25-27(6,7)18(3,4)5/h8-9,15,17,20H,10-12H2,1-7H3,(H2,19,23)/b9-8-/t15-,17+/m0/s1. The van der Waals surface area contributed by atoms with E-state index < -0.39 is 26.6 Å². The molecule has 0 aliphatic heterocycles. The second-order valence-electron chi connectivity index (χ2n) is 7.91. The highest BCUT2D eigenvalue weighted by atomic mass is 28.4. The molecule has 1 amide bonds. The average molecular weight is 403 g/mol. The average Bonchev–Trinajstić information content (AvgIpc) is 2.48. The number of ketones is 2. The molecule has 8 nitrogen and oxygen atoms in total. The van der Waals surface area contributed by atoms with E-state index in [0.717, 1.165) is 6.08 Å². The highest BCUT2D eigenvalue weighted by molar-refractivity contribution is 6.74. The number of nitrogens with two attached hydrogens (primary N) is 1. The molecule has 0 bridgehead atoms. The zero-order valence-corrected chi connectivity index (χ0v) is 18.5. The summed E-state index contributed by atoms with van der Waals surface area (Å²) in [6.45, 7) is 13.4. The smallest absolute Gasteiger partial charge is 0.242 e. The van der Waals surface area contributed by atoms with Crippen LogP contribution in [0.1, 0.15) is 34.6 Å². The molecule has 9 heteroatoms. The summed E-state index contributed by atoms with van der Waals surface area (Å²) in [5.41, 5.74) is 5.05. The number of primary amides is 1. The predicted molar refractivity (Wildman–Crippen MR) is 105 cm³/mol. The molecule has 0 saturated heterocycles. The van der Waals surface area contributed by atoms with Gasteiger partial charge in [-0.25, -0.2) is 0 Å². The first-order valence-corrected chi connectivity index (χ1v) is 11.8. The summed E-state index contributed by atoms with van der Waals surface area (Å²) < 4.78 is 17.1. The van der Waals surface area contributed by atoms with E-state index in [2.05, 4.69) is 39.2 Å². The topological polar surface area (TPSA) is 117 Å². The number of carbonyl (C=O) groups excluding carboxylic acids is 3. The quantitative estimate of drug-likeness (QED) is 0.272. The molecule has 0 unspecified atom stereocenters. The normalized spacial score (nSPS) is 14.8. The van der Waals surface area contributed by atoms with Crippen LogP contribution in [-0.4, -0.2) is 57.9 Å². The third-order valence-corrected chi connectivity index (χ3v) is 8.79. The minimum atomic E-state index is -2.05. The fraction of sp³-hybridized carbons (Fsp3) is 0.722. The number of rotatable bonds is 13. The third-order valence-electron chi connectivity index (χ3n) is 4.29. The van der Waals surface area contributed by atoms with Gasteiger partial charge < -0.3 is 25.0 Å². The lowest BCUT2D eigenvalue weighted by molar-refractivity contribution is -0.141. The van der Waals surface area contributed by atoms with E-state index in [1.807, 2.05) is 0 Å². The van der Waals surface area contributed by atoms with Gasteiger partial charge in [0.1, 0.15) is 12.7 Å². The first-order chi connectivity index (χ1) is 12.3. The fourth-order valence-electron chi connectivity index (χ4n) is 1.63. The van der Waals surface area contributed by atoms with Crippen molar-refractivity contribution in [2.45, 2.75) is 65.1 Å². The summed E-state index contributed by atoms with van der Waals surface area (Å²) in [5.74, 6) is -0.952. The molecule has 0 rings (SSSR count). The van der Waals surface area contributed by atoms with Crippen LogP contribution in [0.25, 0.3) is 0 Å². The Morgan fingerprint density at radius 3 is 2.19 bits per heavy atom. The van der Waals surface area contributed by atoms with Gasteiger partial charge in [-0.15, -0.1) is 0 Å². The number of Topliss-reactive ketones (excluding diaryl/α,β-unsaturated/α-hetero) is 2. The molecular formula is C18H34N2O6Si. The van der Waals surface area contributed by atoms with Crippen molar-refractivity contribution in [1.29, 1.82) is 0 Å². The first kappa shape index (κ1) is 25.4. The summed E-state index contributed by atoms with van der Waals surface area (Å²) in [6, 6.07) is 0. The summed E-state index contributed by atoms with van der Waals surface area (Å²) in [7, 11) is -2.05. The van der Waals surface area contributed by atoms with Crippen LogP contribution in [0.4, 0.5) is 0 Å². The second-order valence-corrected chi connectivity index (χ2v) is 12.7. The van der Waals surface area contributed by atoms with Crippen LogP contribution in [0.5, 0.6) is 0 Å². The van der Waals surface area contributed by atoms with E-state index >= 15 is 0 Å². The SMILES string of the molecule is CC(=O)COC[C@H](N/C=C\C(N)=O)O[C@@H](CO[Si](C)(C)C(C)(C)C)C(C)=O. The zero-order chi connectivity index (χ0) is 21.3. The molecule has 2 atom stereocenters. The van der Waals surface area contributed by atoms with E-state index in [9.17, 15) is 14.4 Å². The van der Waals surface area contributed by atoms with Crippen molar-refractivity contribution < 1.29 is 28.3 Å². The molecule has 156 valence electrons. The fourth-order valence-corrected chi connectivity index (χ4v) is 2.63. The summed E-state index contributed by atoms with van der Waals surface area (Å²) >= 11 is 0. The summed E-state index contributed by atoms with van der Waals surface area (Å²) in [6.07, 6.45) is 0.878. The maximum atomic E-state index is 12.0. The molecule has 0 radical (unpaired) electrons. The lowest BCUT2D eigenvalue weighted by Crippen LogP contribution is -2.46. The maximum Gasteiger partial charge on any atom is 0.242 e. The number of hydrogen-bond acceptors (Lipinski definition) is 7. The highest BCUT2D eigenvalue weighted by Gasteiger charge is 2.38. The Labute approximate surface area is 162 Å². The number of nitrogens with one attached hydrogen (secondary N) is 1. The van der Waals surface area contributed by atoms with E-state index in [4.69, 9.17) is 19.6 Å². The van der Waals surface area contributed by atoms with Crippen LogP contribution in [-0.2, 0) is 28.3 Å². The Balaban J connectivity index is 5.00. The van der Waals surface area contributed by atoms with Gasteiger partial charge in [0.2, 0.25) is 5.91 Å². The molecule has 0 aliphatic rings. The van der Waals surface area contributed by atoms with Gasteiger partial charge in [-0.1, -0.05) is 20.8 Å². The van der Waals surface area contributed by atoms with Gasteiger partial charge in [0, 0.05) is 12.3 Å². The molecular weight excluding hydrogens is 368 g/mol. The van der Waals surface area contributed by atoms with Crippen molar-refractivity contribution in [1.82, 2.24) is 5.32 Å². The Morgan fingerprint density at radius 2 is 1.74 bits per heavy atom. The Morgan fingerprint density at radius 1 is 1.15 bits per heavy atom.